The highest BCUT2D eigenvalue weighted by molar-refractivity contribution is 5.81. The van der Waals surface area contributed by atoms with Gasteiger partial charge in [0.1, 0.15) is 0 Å². The Labute approximate surface area is 138 Å². The molecule has 0 rings (SSSR count). The minimum atomic E-state index is -0.211. The van der Waals surface area contributed by atoms with Crippen LogP contribution in [-0.4, -0.2) is 12.6 Å². The van der Waals surface area contributed by atoms with Crippen molar-refractivity contribution >= 4 is 5.97 Å². The van der Waals surface area contributed by atoms with E-state index in [0.29, 0.717) is 6.61 Å². The number of hydrogen-bond donors (Lipinski definition) is 0. The molecule has 2 heteroatoms. The predicted molar refractivity (Wildman–Crippen MR) is 96.1 cm³/mol. The minimum Gasteiger partial charge on any atom is -0.463 e. The molecular formula is C20H38O2. The third-order valence-corrected chi connectivity index (χ3v) is 4.04. The number of esters is 1. The number of carbonyl (C=O) groups is 1. The van der Waals surface area contributed by atoms with Crippen molar-refractivity contribution in [1.29, 1.82) is 0 Å². The van der Waals surface area contributed by atoms with E-state index in [1.807, 2.05) is 6.92 Å². The monoisotopic (exact) mass is 310 g/mol. The van der Waals surface area contributed by atoms with Crippen LogP contribution in [0, 0.1) is 0 Å². The molecule has 22 heavy (non-hydrogen) atoms. The second kappa shape index (κ2) is 18.3. The van der Waals surface area contributed by atoms with Crippen LogP contribution in [0.5, 0.6) is 0 Å². The first-order valence-electron chi connectivity index (χ1n) is 9.60. The molecule has 2 nitrogen and oxygen atoms in total. The standard InChI is InChI=1S/C20H38O2/c1-3-5-6-7-8-9-10-11-12-13-14-15-16-17-19-22-20(21)18-4-2/h4,18H,3,5-17,19H2,1-2H3. The van der Waals surface area contributed by atoms with E-state index in [9.17, 15) is 4.79 Å². The summed E-state index contributed by atoms with van der Waals surface area (Å²) in [4.78, 5) is 11.1. The van der Waals surface area contributed by atoms with Gasteiger partial charge in [0.15, 0.2) is 0 Å². The van der Waals surface area contributed by atoms with Crippen LogP contribution >= 0.6 is 0 Å². The Balaban J connectivity index is 3.04. The third kappa shape index (κ3) is 17.3. The summed E-state index contributed by atoms with van der Waals surface area (Å²) in [6.45, 7) is 4.67. The summed E-state index contributed by atoms with van der Waals surface area (Å²) in [5, 5.41) is 0. The van der Waals surface area contributed by atoms with Crippen LogP contribution in [0.4, 0.5) is 0 Å². The maximum atomic E-state index is 11.1. The Kier molecular flexibility index (Phi) is 17.6. The minimum absolute atomic E-state index is 0.211. The van der Waals surface area contributed by atoms with Gasteiger partial charge in [-0.25, -0.2) is 4.79 Å². The van der Waals surface area contributed by atoms with Crippen molar-refractivity contribution in [2.45, 2.75) is 104 Å². The van der Waals surface area contributed by atoms with Crippen molar-refractivity contribution in [3.63, 3.8) is 0 Å². The molecule has 0 heterocycles. The zero-order valence-electron chi connectivity index (χ0n) is 15.1. The lowest BCUT2D eigenvalue weighted by molar-refractivity contribution is -0.137. The van der Waals surface area contributed by atoms with Gasteiger partial charge in [-0.3, -0.25) is 0 Å². The molecular weight excluding hydrogens is 272 g/mol. The lowest BCUT2D eigenvalue weighted by atomic mass is 10.0. The molecule has 0 aromatic carbocycles. The lowest BCUT2D eigenvalue weighted by Crippen LogP contribution is -2.01. The van der Waals surface area contributed by atoms with E-state index in [1.165, 1.54) is 89.5 Å². The summed E-state index contributed by atoms with van der Waals surface area (Å²) in [6.07, 6.45) is 22.1. The molecule has 0 aliphatic rings. The van der Waals surface area contributed by atoms with Gasteiger partial charge in [0.05, 0.1) is 6.61 Å². The van der Waals surface area contributed by atoms with Gasteiger partial charge >= 0.3 is 5.97 Å². The molecule has 0 amide bonds. The molecule has 0 fully saturated rings. The molecule has 0 N–H and O–H groups in total. The van der Waals surface area contributed by atoms with E-state index in [2.05, 4.69) is 6.92 Å². The van der Waals surface area contributed by atoms with Crippen molar-refractivity contribution in [2.24, 2.45) is 0 Å². The molecule has 0 radical (unpaired) electrons. The van der Waals surface area contributed by atoms with Crippen molar-refractivity contribution in [3.05, 3.63) is 12.2 Å². The first-order valence-corrected chi connectivity index (χ1v) is 9.60. The molecule has 0 saturated carbocycles. The summed E-state index contributed by atoms with van der Waals surface area (Å²) in [7, 11) is 0. The van der Waals surface area contributed by atoms with Gasteiger partial charge in [-0.05, 0) is 13.3 Å². The second-order valence-electron chi connectivity index (χ2n) is 6.26. The lowest BCUT2D eigenvalue weighted by Gasteiger charge is -2.04. The topological polar surface area (TPSA) is 26.3 Å². The smallest absolute Gasteiger partial charge is 0.330 e. The summed E-state index contributed by atoms with van der Waals surface area (Å²) in [5.41, 5.74) is 0. The predicted octanol–water partition coefficient (Wildman–Crippen LogP) is 6.59. The van der Waals surface area contributed by atoms with Crippen molar-refractivity contribution in [2.75, 3.05) is 6.61 Å². The maximum Gasteiger partial charge on any atom is 0.330 e. The Morgan fingerprint density at radius 2 is 1.14 bits per heavy atom. The molecule has 0 aromatic heterocycles. The normalized spacial score (nSPS) is 11.2. The van der Waals surface area contributed by atoms with Gasteiger partial charge in [-0.15, -0.1) is 0 Å². The SMILES string of the molecule is CC=CC(=O)OCCCCCCCCCCCCCCCC. The van der Waals surface area contributed by atoms with Gasteiger partial charge in [0, 0.05) is 6.08 Å². The van der Waals surface area contributed by atoms with Crippen LogP contribution in [0.2, 0.25) is 0 Å². The van der Waals surface area contributed by atoms with Crippen LogP contribution in [0.3, 0.4) is 0 Å². The quantitative estimate of drug-likeness (QED) is 0.183. The first kappa shape index (κ1) is 21.2. The molecule has 0 saturated heterocycles. The van der Waals surface area contributed by atoms with E-state index in [-0.39, 0.29) is 5.97 Å². The molecule has 0 aliphatic carbocycles. The Bertz CT molecular complexity index is 258. The number of ether oxygens (including phenoxy) is 1. The van der Waals surface area contributed by atoms with Crippen LogP contribution < -0.4 is 0 Å². The van der Waals surface area contributed by atoms with Gasteiger partial charge in [0.2, 0.25) is 0 Å². The van der Waals surface area contributed by atoms with Crippen LogP contribution in [0.25, 0.3) is 0 Å². The fourth-order valence-corrected chi connectivity index (χ4v) is 2.65. The molecule has 130 valence electrons. The van der Waals surface area contributed by atoms with E-state index in [0.717, 1.165) is 6.42 Å². The van der Waals surface area contributed by atoms with Crippen LogP contribution in [0.1, 0.15) is 104 Å². The van der Waals surface area contributed by atoms with E-state index in [1.54, 1.807) is 6.08 Å². The molecule has 0 aliphatic heterocycles. The molecule has 0 aromatic rings. The van der Waals surface area contributed by atoms with Gasteiger partial charge < -0.3 is 4.74 Å². The van der Waals surface area contributed by atoms with Crippen LogP contribution in [-0.2, 0) is 9.53 Å². The maximum absolute atomic E-state index is 11.1. The Hall–Kier alpha value is -0.790. The van der Waals surface area contributed by atoms with Crippen LogP contribution in [0.15, 0.2) is 12.2 Å². The van der Waals surface area contributed by atoms with E-state index >= 15 is 0 Å². The molecule has 0 spiro atoms. The van der Waals surface area contributed by atoms with Gasteiger partial charge in [-0.2, -0.15) is 0 Å². The highest BCUT2D eigenvalue weighted by Gasteiger charge is 1.96. The molecule has 0 bridgehead atoms. The summed E-state index contributed by atoms with van der Waals surface area (Å²) >= 11 is 0. The average Bonchev–Trinajstić information content (AvgIpc) is 2.51. The van der Waals surface area contributed by atoms with E-state index in [4.69, 9.17) is 4.74 Å². The summed E-state index contributed by atoms with van der Waals surface area (Å²) in [5.74, 6) is -0.211. The number of rotatable bonds is 16. The summed E-state index contributed by atoms with van der Waals surface area (Å²) in [6, 6.07) is 0. The Morgan fingerprint density at radius 1 is 0.727 bits per heavy atom. The molecule has 0 atom stereocenters. The van der Waals surface area contributed by atoms with E-state index < -0.39 is 0 Å². The molecule has 0 unspecified atom stereocenters. The number of carbonyl (C=O) groups excluding carboxylic acids is 1. The number of allylic oxidation sites excluding steroid dienone is 1. The largest absolute Gasteiger partial charge is 0.463 e. The fraction of sp³-hybridized carbons (Fsp3) is 0.850. The highest BCUT2D eigenvalue weighted by Crippen LogP contribution is 2.12. The van der Waals surface area contributed by atoms with Crippen molar-refractivity contribution < 1.29 is 9.53 Å². The zero-order valence-corrected chi connectivity index (χ0v) is 15.1. The second-order valence-corrected chi connectivity index (χ2v) is 6.26. The summed E-state index contributed by atoms with van der Waals surface area (Å²) < 4.78 is 5.06. The first-order chi connectivity index (χ1) is 10.8. The van der Waals surface area contributed by atoms with Gasteiger partial charge in [0.25, 0.3) is 0 Å². The Morgan fingerprint density at radius 3 is 1.55 bits per heavy atom. The number of hydrogen-bond acceptors (Lipinski definition) is 2. The van der Waals surface area contributed by atoms with Crippen molar-refractivity contribution in [1.82, 2.24) is 0 Å². The fourth-order valence-electron chi connectivity index (χ4n) is 2.65. The third-order valence-electron chi connectivity index (χ3n) is 4.04. The van der Waals surface area contributed by atoms with Gasteiger partial charge in [-0.1, -0.05) is 96.5 Å². The highest BCUT2D eigenvalue weighted by atomic mass is 16.5. The zero-order chi connectivity index (χ0) is 16.3. The van der Waals surface area contributed by atoms with Crippen molar-refractivity contribution in [3.8, 4) is 0 Å². The average molecular weight is 311 g/mol. The number of unbranched alkanes of at least 4 members (excludes halogenated alkanes) is 13.